The smallest absolute Gasteiger partial charge is 0.233 e. The van der Waals surface area contributed by atoms with E-state index >= 15 is 0 Å². The fourth-order valence-corrected chi connectivity index (χ4v) is 3.94. The zero-order valence-corrected chi connectivity index (χ0v) is 14.1. The Hall–Kier alpha value is -1.36. The minimum atomic E-state index is -0.335. The Morgan fingerprint density at radius 1 is 1.36 bits per heavy atom. The average molecular weight is 365 g/mol. The molecule has 2 fully saturated rings. The Bertz CT molecular complexity index is 598. The number of rotatable bonds is 4. The quantitative estimate of drug-likeness (QED) is 0.892. The van der Waals surface area contributed by atoms with Gasteiger partial charge in [-0.05, 0) is 49.3 Å². The first kappa shape index (κ1) is 15.5. The van der Waals surface area contributed by atoms with Crippen LogP contribution in [0, 0.1) is 5.92 Å². The summed E-state index contributed by atoms with van der Waals surface area (Å²) in [4.78, 5) is 26.1. The largest absolute Gasteiger partial charge is 0.370 e. The van der Waals surface area contributed by atoms with Crippen LogP contribution in [0.5, 0.6) is 0 Å². The molecule has 1 aliphatic heterocycles. The summed E-state index contributed by atoms with van der Waals surface area (Å²) in [5.41, 5.74) is 6.07. The number of carbonyl (C=O) groups excluding carboxylic acids is 2. The van der Waals surface area contributed by atoms with Crippen molar-refractivity contribution >= 4 is 27.7 Å². The number of nitrogens with zero attached hydrogens (tertiary/aromatic N) is 1. The van der Waals surface area contributed by atoms with Crippen LogP contribution in [0.3, 0.4) is 0 Å². The van der Waals surface area contributed by atoms with Crippen LogP contribution < -0.4 is 5.73 Å². The van der Waals surface area contributed by atoms with Crippen LogP contribution in [0.25, 0.3) is 0 Å². The van der Waals surface area contributed by atoms with Crippen LogP contribution in [-0.2, 0) is 15.0 Å². The second-order valence-electron chi connectivity index (χ2n) is 6.52. The Balaban J connectivity index is 1.74. The lowest BCUT2D eigenvalue weighted by Gasteiger charge is -2.35. The van der Waals surface area contributed by atoms with E-state index in [2.05, 4.69) is 22.0 Å². The second-order valence-corrected chi connectivity index (χ2v) is 7.44. The summed E-state index contributed by atoms with van der Waals surface area (Å²) in [6.07, 6.45) is 4.15. The van der Waals surface area contributed by atoms with Crippen LogP contribution >= 0.6 is 15.9 Å². The van der Waals surface area contributed by atoms with Gasteiger partial charge in [0.15, 0.2) is 0 Å². The van der Waals surface area contributed by atoms with Crippen molar-refractivity contribution in [2.45, 2.75) is 37.5 Å². The van der Waals surface area contributed by atoms with Gasteiger partial charge in [-0.1, -0.05) is 28.1 Å². The topological polar surface area (TPSA) is 63.4 Å². The number of primary amides is 1. The molecular formula is C17H21BrN2O2. The van der Waals surface area contributed by atoms with Gasteiger partial charge in [-0.2, -0.15) is 0 Å². The molecule has 0 unspecified atom stereocenters. The highest BCUT2D eigenvalue weighted by molar-refractivity contribution is 9.10. The van der Waals surface area contributed by atoms with Gasteiger partial charge in [0.25, 0.3) is 0 Å². The van der Waals surface area contributed by atoms with Crippen LogP contribution in [0.1, 0.15) is 37.7 Å². The van der Waals surface area contributed by atoms with E-state index in [1.807, 2.05) is 23.1 Å². The van der Waals surface area contributed by atoms with Gasteiger partial charge >= 0.3 is 0 Å². The Labute approximate surface area is 139 Å². The molecular weight excluding hydrogens is 344 g/mol. The fraction of sp³-hybridized carbons (Fsp3) is 0.529. The highest BCUT2D eigenvalue weighted by Crippen LogP contribution is 2.50. The van der Waals surface area contributed by atoms with E-state index in [0.717, 1.165) is 42.3 Å². The zero-order valence-electron chi connectivity index (χ0n) is 12.6. The van der Waals surface area contributed by atoms with E-state index in [-0.39, 0.29) is 23.1 Å². The summed E-state index contributed by atoms with van der Waals surface area (Å²) in [5.74, 6) is 0.167. The van der Waals surface area contributed by atoms with E-state index in [9.17, 15) is 9.59 Å². The van der Waals surface area contributed by atoms with Gasteiger partial charge in [-0.15, -0.1) is 0 Å². The summed E-state index contributed by atoms with van der Waals surface area (Å²) >= 11 is 3.49. The van der Waals surface area contributed by atoms with Gasteiger partial charge in [0.2, 0.25) is 11.8 Å². The van der Waals surface area contributed by atoms with Crippen molar-refractivity contribution < 1.29 is 9.59 Å². The standard InChI is InChI=1S/C17H21BrN2O2/c18-14-5-1-4-13(10-14)17(6-7-17)16(22)20-8-2-3-12(11-20)9-15(19)21/h1,4-5,10,12H,2-3,6-9,11H2,(H2,19,21)/t12-/m0/s1. The lowest BCUT2D eigenvalue weighted by molar-refractivity contribution is -0.136. The monoisotopic (exact) mass is 364 g/mol. The molecule has 2 aliphatic rings. The summed E-state index contributed by atoms with van der Waals surface area (Å²) in [6, 6.07) is 8.06. The number of halogens is 1. The third-order valence-corrected chi connectivity index (χ3v) is 5.33. The van der Waals surface area contributed by atoms with Gasteiger partial charge in [-0.25, -0.2) is 0 Å². The SMILES string of the molecule is NC(=O)C[C@@H]1CCCN(C(=O)C2(c3cccc(Br)c3)CC2)C1. The van der Waals surface area contributed by atoms with Crippen LogP contribution in [0.15, 0.2) is 28.7 Å². The van der Waals surface area contributed by atoms with E-state index in [0.29, 0.717) is 13.0 Å². The number of benzene rings is 1. The molecule has 4 nitrogen and oxygen atoms in total. The van der Waals surface area contributed by atoms with Gasteiger partial charge < -0.3 is 10.6 Å². The highest BCUT2D eigenvalue weighted by Gasteiger charge is 2.53. The van der Waals surface area contributed by atoms with E-state index in [4.69, 9.17) is 5.73 Å². The molecule has 2 N–H and O–H groups in total. The van der Waals surface area contributed by atoms with Crippen molar-refractivity contribution in [3.8, 4) is 0 Å². The van der Waals surface area contributed by atoms with Crippen molar-refractivity contribution in [1.82, 2.24) is 4.90 Å². The molecule has 0 aromatic heterocycles. The van der Waals surface area contributed by atoms with Gasteiger partial charge in [0, 0.05) is 24.0 Å². The maximum absolute atomic E-state index is 13.0. The predicted octanol–water partition coefficient (Wildman–Crippen LogP) is 2.59. The normalized spacial score (nSPS) is 23.1. The molecule has 5 heteroatoms. The van der Waals surface area contributed by atoms with E-state index in [1.54, 1.807) is 0 Å². The van der Waals surface area contributed by atoms with Crippen molar-refractivity contribution in [1.29, 1.82) is 0 Å². The summed E-state index contributed by atoms with van der Waals surface area (Å²) in [7, 11) is 0. The third kappa shape index (κ3) is 3.05. The Morgan fingerprint density at radius 3 is 2.77 bits per heavy atom. The molecule has 1 aliphatic carbocycles. The molecule has 1 aromatic carbocycles. The number of carbonyl (C=O) groups is 2. The average Bonchev–Trinajstić information content (AvgIpc) is 3.28. The van der Waals surface area contributed by atoms with Crippen LogP contribution in [0.2, 0.25) is 0 Å². The minimum Gasteiger partial charge on any atom is -0.370 e. The molecule has 0 spiro atoms. The number of amides is 2. The zero-order chi connectivity index (χ0) is 15.7. The lowest BCUT2D eigenvalue weighted by Crippen LogP contribution is -2.45. The molecule has 1 heterocycles. The Morgan fingerprint density at radius 2 is 2.14 bits per heavy atom. The molecule has 1 aromatic rings. The summed E-state index contributed by atoms with van der Waals surface area (Å²) < 4.78 is 1.01. The van der Waals surface area contributed by atoms with Gasteiger partial charge in [0.1, 0.15) is 0 Å². The van der Waals surface area contributed by atoms with Crippen LogP contribution in [-0.4, -0.2) is 29.8 Å². The van der Waals surface area contributed by atoms with Crippen molar-refractivity contribution in [2.24, 2.45) is 11.7 Å². The molecule has 2 amide bonds. The number of piperidine rings is 1. The molecule has 1 saturated carbocycles. The third-order valence-electron chi connectivity index (χ3n) is 4.83. The molecule has 22 heavy (non-hydrogen) atoms. The van der Waals surface area contributed by atoms with E-state index in [1.165, 1.54) is 0 Å². The fourth-order valence-electron chi connectivity index (χ4n) is 3.54. The summed E-state index contributed by atoms with van der Waals surface area (Å²) in [5, 5.41) is 0. The number of nitrogens with two attached hydrogens (primary N) is 1. The molecule has 118 valence electrons. The Kier molecular flexibility index (Phi) is 4.26. The van der Waals surface area contributed by atoms with Crippen LogP contribution in [0.4, 0.5) is 0 Å². The maximum Gasteiger partial charge on any atom is 0.233 e. The first-order chi connectivity index (χ1) is 10.5. The molecule has 0 radical (unpaired) electrons. The van der Waals surface area contributed by atoms with Crippen molar-refractivity contribution in [3.05, 3.63) is 34.3 Å². The molecule has 0 bridgehead atoms. The predicted molar refractivity (Wildman–Crippen MR) is 88.2 cm³/mol. The van der Waals surface area contributed by atoms with E-state index < -0.39 is 0 Å². The highest BCUT2D eigenvalue weighted by atomic mass is 79.9. The van der Waals surface area contributed by atoms with Gasteiger partial charge in [-0.3, -0.25) is 9.59 Å². The first-order valence-electron chi connectivity index (χ1n) is 7.85. The van der Waals surface area contributed by atoms with Gasteiger partial charge in [0.05, 0.1) is 5.41 Å². The molecule has 3 rings (SSSR count). The number of hydrogen-bond donors (Lipinski definition) is 1. The second kappa shape index (κ2) is 6.03. The minimum absolute atomic E-state index is 0.216. The maximum atomic E-state index is 13.0. The molecule has 1 saturated heterocycles. The lowest BCUT2D eigenvalue weighted by atomic mass is 9.90. The van der Waals surface area contributed by atoms with Crippen molar-refractivity contribution in [3.63, 3.8) is 0 Å². The number of hydrogen-bond acceptors (Lipinski definition) is 2. The van der Waals surface area contributed by atoms with Crippen molar-refractivity contribution in [2.75, 3.05) is 13.1 Å². The molecule has 1 atom stereocenters. The number of likely N-dealkylation sites (tertiary alicyclic amines) is 1. The first-order valence-corrected chi connectivity index (χ1v) is 8.64. The summed E-state index contributed by atoms with van der Waals surface area (Å²) in [6.45, 7) is 1.46.